The normalized spacial score (nSPS) is 16.6. The second kappa shape index (κ2) is 8.93. The third-order valence-corrected chi connectivity index (χ3v) is 7.22. The van der Waals surface area contributed by atoms with Gasteiger partial charge in [-0.25, -0.2) is 4.39 Å². The van der Waals surface area contributed by atoms with Crippen LogP contribution in [0, 0.1) is 5.82 Å². The van der Waals surface area contributed by atoms with Crippen LogP contribution < -0.4 is 0 Å². The zero-order chi connectivity index (χ0) is 23.1. The first-order chi connectivity index (χ1) is 15.9. The van der Waals surface area contributed by atoms with E-state index in [0.29, 0.717) is 18.5 Å². The summed E-state index contributed by atoms with van der Waals surface area (Å²) >= 11 is 12.2. The Hall–Kier alpha value is -2.67. The predicted molar refractivity (Wildman–Crippen MR) is 128 cm³/mol. The van der Waals surface area contributed by atoms with Crippen LogP contribution in [0.5, 0.6) is 0 Å². The summed E-state index contributed by atoms with van der Waals surface area (Å²) in [5.74, 6) is -0.915. The van der Waals surface area contributed by atoms with E-state index < -0.39 is 0 Å². The Morgan fingerprint density at radius 2 is 1.82 bits per heavy atom. The summed E-state index contributed by atoms with van der Waals surface area (Å²) in [4.78, 5) is 32.1. The minimum absolute atomic E-state index is 0.142. The van der Waals surface area contributed by atoms with Crippen LogP contribution >= 0.6 is 23.2 Å². The monoisotopic (exact) mass is 485 g/mol. The van der Waals surface area contributed by atoms with E-state index in [1.165, 1.54) is 16.5 Å². The van der Waals surface area contributed by atoms with Crippen molar-refractivity contribution < 1.29 is 14.0 Å². The van der Waals surface area contributed by atoms with Gasteiger partial charge in [-0.3, -0.25) is 19.4 Å². The maximum atomic E-state index is 13.7. The summed E-state index contributed by atoms with van der Waals surface area (Å²) in [6.45, 7) is 2.96. The number of nitrogens with one attached hydrogen (secondary N) is 1. The Balaban J connectivity index is 1.14. The number of H-pyrrole nitrogens is 1. The summed E-state index contributed by atoms with van der Waals surface area (Å²) in [5, 5.41) is 1.33. The summed E-state index contributed by atoms with van der Waals surface area (Å²) < 4.78 is 13.7. The predicted octanol–water partition coefficient (Wildman–Crippen LogP) is 5.78. The van der Waals surface area contributed by atoms with E-state index in [1.54, 1.807) is 24.3 Å². The number of amides is 2. The molecule has 2 aliphatic heterocycles. The molecule has 5 nitrogen and oxygen atoms in total. The molecular weight excluding hydrogens is 464 g/mol. The van der Waals surface area contributed by atoms with Gasteiger partial charge in [-0.1, -0.05) is 29.3 Å². The van der Waals surface area contributed by atoms with Crippen LogP contribution in [0.1, 0.15) is 45.5 Å². The van der Waals surface area contributed by atoms with Crippen molar-refractivity contribution in [2.45, 2.75) is 19.3 Å². The van der Waals surface area contributed by atoms with Crippen molar-refractivity contribution in [2.24, 2.45) is 0 Å². The third-order valence-electron chi connectivity index (χ3n) is 6.42. The first-order valence-corrected chi connectivity index (χ1v) is 11.7. The molecule has 0 radical (unpaired) electrons. The Morgan fingerprint density at radius 1 is 1.00 bits per heavy atom. The van der Waals surface area contributed by atoms with E-state index in [4.69, 9.17) is 23.2 Å². The number of hydrogen-bond acceptors (Lipinski definition) is 3. The number of carbonyl (C=O) groups is 2. The highest BCUT2D eigenvalue weighted by atomic mass is 35.5. The standard InChI is InChI=1S/C25H22Cl2FN3O2/c26-20-5-4-17-22(23(20)27)25(33)31(24(17)32)10-2-1-9-30-11-7-15(8-12-30)19-14-29-21-6-3-16(28)13-18(19)21/h3-7,13-14,29H,1-2,8-12H2. The summed E-state index contributed by atoms with van der Waals surface area (Å²) in [5.41, 5.74) is 3.75. The SMILES string of the molecule is O=C1c2ccc(Cl)c(Cl)c2C(=O)N1CCCCN1CC=C(c2c[nH]c3ccc(F)cc23)CC1. The lowest BCUT2D eigenvalue weighted by atomic mass is 9.98. The number of benzene rings is 2. The molecule has 0 atom stereocenters. The van der Waals surface area contributed by atoms with Crippen molar-refractivity contribution in [3.05, 3.63) is 75.2 Å². The molecule has 8 heteroatoms. The van der Waals surface area contributed by atoms with E-state index in [2.05, 4.69) is 16.0 Å². The highest BCUT2D eigenvalue weighted by Gasteiger charge is 2.37. The molecule has 2 aromatic carbocycles. The summed E-state index contributed by atoms with van der Waals surface area (Å²) in [6.07, 6.45) is 6.62. The minimum Gasteiger partial charge on any atom is -0.361 e. The molecule has 1 aromatic heterocycles. The van der Waals surface area contributed by atoms with E-state index in [9.17, 15) is 14.0 Å². The average Bonchev–Trinajstić information content (AvgIpc) is 3.33. The van der Waals surface area contributed by atoms with Crippen LogP contribution in [0.4, 0.5) is 4.39 Å². The second-order valence-electron chi connectivity index (χ2n) is 8.43. The lowest BCUT2D eigenvalue weighted by Crippen LogP contribution is -2.32. The fourth-order valence-electron chi connectivity index (χ4n) is 4.64. The van der Waals surface area contributed by atoms with Crippen molar-refractivity contribution in [1.29, 1.82) is 0 Å². The van der Waals surface area contributed by atoms with Gasteiger partial charge in [0.1, 0.15) is 5.82 Å². The van der Waals surface area contributed by atoms with Crippen LogP contribution in [0.25, 0.3) is 16.5 Å². The Kier molecular flexibility index (Phi) is 5.99. The Bertz CT molecular complexity index is 1300. The van der Waals surface area contributed by atoms with Gasteiger partial charge in [-0.05, 0) is 61.7 Å². The number of rotatable bonds is 6. The van der Waals surface area contributed by atoms with Crippen LogP contribution in [0.3, 0.4) is 0 Å². The average molecular weight is 486 g/mol. The van der Waals surface area contributed by atoms with Gasteiger partial charge in [0.05, 0.1) is 21.2 Å². The molecule has 3 heterocycles. The second-order valence-corrected chi connectivity index (χ2v) is 9.21. The van der Waals surface area contributed by atoms with Crippen LogP contribution in [-0.2, 0) is 0 Å². The van der Waals surface area contributed by atoms with Crippen molar-refractivity contribution in [1.82, 2.24) is 14.8 Å². The fourth-order valence-corrected chi connectivity index (χ4v) is 5.04. The molecule has 0 unspecified atom stereocenters. The van der Waals surface area contributed by atoms with Gasteiger partial charge < -0.3 is 4.98 Å². The Morgan fingerprint density at radius 3 is 2.61 bits per heavy atom. The number of aromatic amines is 1. The Labute approximate surface area is 200 Å². The van der Waals surface area contributed by atoms with Gasteiger partial charge >= 0.3 is 0 Å². The highest BCUT2D eigenvalue weighted by Crippen LogP contribution is 2.34. The molecular formula is C25H22Cl2FN3O2. The molecule has 0 fully saturated rings. The number of imide groups is 1. The minimum atomic E-state index is -0.372. The lowest BCUT2D eigenvalue weighted by Gasteiger charge is -2.26. The number of nitrogens with zero attached hydrogens (tertiary/aromatic N) is 2. The molecule has 0 bridgehead atoms. The molecule has 2 amide bonds. The number of halogens is 3. The van der Waals surface area contributed by atoms with Crippen molar-refractivity contribution in [3.63, 3.8) is 0 Å². The topological polar surface area (TPSA) is 56.4 Å². The van der Waals surface area contributed by atoms with Crippen LogP contribution in [0.2, 0.25) is 10.0 Å². The number of hydrogen-bond donors (Lipinski definition) is 1. The fraction of sp³-hybridized carbons (Fsp3) is 0.280. The lowest BCUT2D eigenvalue weighted by molar-refractivity contribution is 0.0650. The number of unbranched alkanes of at least 4 members (excludes halogenated alkanes) is 1. The highest BCUT2D eigenvalue weighted by molar-refractivity contribution is 6.45. The quantitative estimate of drug-likeness (QED) is 0.355. The van der Waals surface area contributed by atoms with E-state index in [0.717, 1.165) is 48.9 Å². The smallest absolute Gasteiger partial charge is 0.263 e. The largest absolute Gasteiger partial charge is 0.361 e. The molecule has 2 aliphatic rings. The number of carbonyl (C=O) groups excluding carboxylic acids is 2. The van der Waals surface area contributed by atoms with Gasteiger partial charge in [-0.15, -0.1) is 0 Å². The van der Waals surface area contributed by atoms with Crippen LogP contribution in [-0.4, -0.2) is 52.8 Å². The molecule has 0 saturated heterocycles. The van der Waals surface area contributed by atoms with Crippen molar-refractivity contribution >= 4 is 51.5 Å². The van der Waals surface area contributed by atoms with Gasteiger partial charge in [0, 0.05) is 42.3 Å². The first-order valence-electron chi connectivity index (χ1n) is 11.0. The van der Waals surface area contributed by atoms with E-state index in [1.807, 2.05) is 6.20 Å². The molecule has 1 N–H and O–H groups in total. The van der Waals surface area contributed by atoms with E-state index >= 15 is 0 Å². The summed E-state index contributed by atoms with van der Waals surface area (Å²) in [7, 11) is 0. The van der Waals surface area contributed by atoms with Gasteiger partial charge in [0.25, 0.3) is 11.8 Å². The molecule has 170 valence electrons. The maximum absolute atomic E-state index is 13.7. The molecule has 33 heavy (non-hydrogen) atoms. The van der Waals surface area contributed by atoms with Gasteiger partial charge in [0.15, 0.2) is 0 Å². The zero-order valence-corrected chi connectivity index (χ0v) is 19.3. The van der Waals surface area contributed by atoms with Crippen molar-refractivity contribution in [2.75, 3.05) is 26.2 Å². The van der Waals surface area contributed by atoms with E-state index in [-0.39, 0.29) is 33.2 Å². The van der Waals surface area contributed by atoms with Crippen LogP contribution in [0.15, 0.2) is 42.6 Å². The van der Waals surface area contributed by atoms with Gasteiger partial charge in [-0.2, -0.15) is 0 Å². The molecule has 0 saturated carbocycles. The molecule has 5 rings (SSSR count). The number of fused-ring (bicyclic) bond motifs is 2. The molecule has 3 aromatic rings. The summed E-state index contributed by atoms with van der Waals surface area (Å²) in [6, 6.07) is 7.91. The van der Waals surface area contributed by atoms with Crippen molar-refractivity contribution in [3.8, 4) is 0 Å². The van der Waals surface area contributed by atoms with Gasteiger partial charge in [0.2, 0.25) is 0 Å². The molecule has 0 spiro atoms. The first kappa shape index (κ1) is 22.1. The molecule has 0 aliphatic carbocycles. The maximum Gasteiger partial charge on any atom is 0.263 e. The number of aromatic nitrogens is 1. The third kappa shape index (κ3) is 4.07. The zero-order valence-electron chi connectivity index (χ0n) is 17.8.